The van der Waals surface area contributed by atoms with Gasteiger partial charge in [0.15, 0.2) is 0 Å². The molecule has 6 heteroatoms. The van der Waals surface area contributed by atoms with Crippen molar-refractivity contribution in [2.24, 2.45) is 5.84 Å². The molecule has 1 rings (SSSR count). The van der Waals surface area contributed by atoms with Crippen molar-refractivity contribution in [3.63, 3.8) is 0 Å². The maximum Gasteiger partial charge on any atom is 0.239 e. The number of hydrogen-bond donors (Lipinski definition) is 3. The molecule has 84 valence electrons. The smallest absolute Gasteiger partial charge is 0.239 e. The molecule has 0 fully saturated rings. The fourth-order valence-corrected chi connectivity index (χ4v) is 1.33. The van der Waals surface area contributed by atoms with E-state index < -0.39 is 0 Å². The number of anilines is 2. The van der Waals surface area contributed by atoms with Crippen LogP contribution in [0.25, 0.3) is 0 Å². The van der Waals surface area contributed by atoms with Gasteiger partial charge in [-0.2, -0.15) is 4.98 Å². The number of nitrogen functional groups attached to an aromatic ring is 1. The van der Waals surface area contributed by atoms with Crippen molar-refractivity contribution in [2.75, 3.05) is 30.0 Å². The molecule has 1 heterocycles. The highest BCUT2D eigenvalue weighted by atomic mass is 16.3. The van der Waals surface area contributed by atoms with Crippen LogP contribution in [0.15, 0.2) is 12.3 Å². The average molecular weight is 211 g/mol. The summed E-state index contributed by atoms with van der Waals surface area (Å²) in [4.78, 5) is 10.1. The first-order valence-corrected chi connectivity index (χ1v) is 4.97. The Balaban J connectivity index is 2.79. The number of aliphatic hydroxyl groups is 1. The van der Waals surface area contributed by atoms with Gasteiger partial charge in [-0.3, -0.25) is 5.43 Å². The monoisotopic (exact) mass is 211 g/mol. The third-order valence-corrected chi connectivity index (χ3v) is 1.96. The molecule has 0 aliphatic heterocycles. The highest BCUT2D eigenvalue weighted by Crippen LogP contribution is 2.11. The van der Waals surface area contributed by atoms with Crippen LogP contribution in [0, 0.1) is 0 Å². The minimum atomic E-state index is 0.107. The van der Waals surface area contributed by atoms with Crippen molar-refractivity contribution in [3.8, 4) is 0 Å². The Labute approximate surface area is 89.1 Å². The van der Waals surface area contributed by atoms with Crippen LogP contribution >= 0.6 is 0 Å². The van der Waals surface area contributed by atoms with E-state index in [1.165, 1.54) is 0 Å². The highest BCUT2D eigenvalue weighted by Gasteiger charge is 2.06. The van der Waals surface area contributed by atoms with Crippen molar-refractivity contribution in [1.82, 2.24) is 9.97 Å². The molecule has 0 saturated carbocycles. The van der Waals surface area contributed by atoms with Gasteiger partial charge in [0, 0.05) is 19.3 Å². The van der Waals surface area contributed by atoms with Crippen LogP contribution in [-0.2, 0) is 0 Å². The van der Waals surface area contributed by atoms with Crippen LogP contribution in [0.2, 0.25) is 0 Å². The number of aliphatic hydroxyl groups excluding tert-OH is 1. The van der Waals surface area contributed by atoms with Gasteiger partial charge in [0.2, 0.25) is 5.95 Å². The fourth-order valence-electron chi connectivity index (χ4n) is 1.33. The number of nitrogens with zero attached hydrogens (tertiary/aromatic N) is 3. The van der Waals surface area contributed by atoms with E-state index in [9.17, 15) is 0 Å². The van der Waals surface area contributed by atoms with Gasteiger partial charge < -0.3 is 10.0 Å². The average Bonchev–Trinajstić information content (AvgIpc) is 2.29. The molecule has 15 heavy (non-hydrogen) atoms. The molecule has 0 spiro atoms. The SMILES string of the molecule is CCCN(CCO)c1ccnc(NN)n1. The van der Waals surface area contributed by atoms with Crippen molar-refractivity contribution in [2.45, 2.75) is 13.3 Å². The number of hydrazine groups is 1. The van der Waals surface area contributed by atoms with Crippen LogP contribution in [0.1, 0.15) is 13.3 Å². The van der Waals surface area contributed by atoms with E-state index in [0.717, 1.165) is 18.8 Å². The molecule has 0 aromatic carbocycles. The topological polar surface area (TPSA) is 87.3 Å². The highest BCUT2D eigenvalue weighted by molar-refractivity contribution is 5.41. The van der Waals surface area contributed by atoms with Crippen LogP contribution in [0.5, 0.6) is 0 Å². The number of nitrogens with one attached hydrogen (secondary N) is 1. The number of nitrogens with two attached hydrogens (primary N) is 1. The molecule has 0 radical (unpaired) electrons. The van der Waals surface area contributed by atoms with Gasteiger partial charge in [0.05, 0.1) is 6.61 Å². The van der Waals surface area contributed by atoms with Gasteiger partial charge in [0.1, 0.15) is 5.82 Å². The minimum absolute atomic E-state index is 0.107. The van der Waals surface area contributed by atoms with Crippen LogP contribution in [0.3, 0.4) is 0 Å². The molecule has 0 unspecified atom stereocenters. The summed E-state index contributed by atoms with van der Waals surface area (Å²) < 4.78 is 0. The van der Waals surface area contributed by atoms with Crippen LogP contribution in [0.4, 0.5) is 11.8 Å². The lowest BCUT2D eigenvalue weighted by Gasteiger charge is -2.22. The molecule has 0 aliphatic carbocycles. The minimum Gasteiger partial charge on any atom is -0.395 e. The summed E-state index contributed by atoms with van der Waals surface area (Å²) in [6.45, 7) is 3.60. The molecule has 1 aromatic rings. The van der Waals surface area contributed by atoms with Crippen LogP contribution < -0.4 is 16.2 Å². The molecule has 0 bridgehead atoms. The third kappa shape index (κ3) is 3.34. The lowest BCUT2D eigenvalue weighted by molar-refractivity contribution is 0.301. The number of rotatable bonds is 6. The molecule has 4 N–H and O–H groups in total. The maximum atomic E-state index is 8.93. The molecular formula is C9H17N5O. The van der Waals surface area contributed by atoms with E-state index in [2.05, 4.69) is 22.3 Å². The van der Waals surface area contributed by atoms with E-state index >= 15 is 0 Å². The van der Waals surface area contributed by atoms with Crippen molar-refractivity contribution in [3.05, 3.63) is 12.3 Å². The van der Waals surface area contributed by atoms with Gasteiger partial charge in [-0.1, -0.05) is 6.92 Å². The summed E-state index contributed by atoms with van der Waals surface area (Å²) >= 11 is 0. The molecule has 6 nitrogen and oxygen atoms in total. The zero-order chi connectivity index (χ0) is 11.1. The predicted octanol–water partition coefficient (Wildman–Crippen LogP) is -0.0291. The lowest BCUT2D eigenvalue weighted by atomic mass is 10.4. The second-order valence-corrected chi connectivity index (χ2v) is 3.09. The Morgan fingerprint density at radius 3 is 2.93 bits per heavy atom. The summed E-state index contributed by atoms with van der Waals surface area (Å²) in [6.07, 6.45) is 2.63. The largest absolute Gasteiger partial charge is 0.395 e. The zero-order valence-corrected chi connectivity index (χ0v) is 8.85. The molecule has 0 atom stereocenters. The fraction of sp³-hybridized carbons (Fsp3) is 0.556. The standard InChI is InChI=1S/C9H17N5O/c1-2-5-14(6-7-15)8-3-4-11-9(12-8)13-10/h3-4,15H,2,5-7,10H2,1H3,(H,11,12,13). The van der Waals surface area contributed by atoms with E-state index in [0.29, 0.717) is 12.5 Å². The Morgan fingerprint density at radius 1 is 1.53 bits per heavy atom. The summed E-state index contributed by atoms with van der Waals surface area (Å²) in [5, 5.41) is 8.93. The Morgan fingerprint density at radius 2 is 2.33 bits per heavy atom. The summed E-state index contributed by atoms with van der Waals surface area (Å²) in [7, 11) is 0. The van der Waals surface area contributed by atoms with Gasteiger partial charge in [-0.15, -0.1) is 0 Å². The van der Waals surface area contributed by atoms with Gasteiger partial charge in [-0.05, 0) is 12.5 Å². The Kier molecular flexibility index (Phi) is 4.79. The quantitative estimate of drug-likeness (QED) is 0.452. The molecule has 0 aliphatic rings. The van der Waals surface area contributed by atoms with Gasteiger partial charge in [0.25, 0.3) is 0 Å². The molecule has 0 saturated heterocycles. The lowest BCUT2D eigenvalue weighted by Crippen LogP contribution is -2.28. The van der Waals surface area contributed by atoms with Crippen molar-refractivity contribution < 1.29 is 5.11 Å². The Bertz CT molecular complexity index is 288. The molecular weight excluding hydrogens is 194 g/mol. The number of hydrogen-bond acceptors (Lipinski definition) is 6. The second-order valence-electron chi connectivity index (χ2n) is 3.09. The first-order valence-electron chi connectivity index (χ1n) is 4.97. The third-order valence-electron chi connectivity index (χ3n) is 1.96. The van der Waals surface area contributed by atoms with Crippen LogP contribution in [-0.4, -0.2) is 34.8 Å². The zero-order valence-electron chi connectivity index (χ0n) is 8.85. The van der Waals surface area contributed by atoms with E-state index in [-0.39, 0.29) is 6.61 Å². The van der Waals surface area contributed by atoms with E-state index in [1.54, 1.807) is 12.3 Å². The normalized spacial score (nSPS) is 10.1. The van der Waals surface area contributed by atoms with Crippen molar-refractivity contribution >= 4 is 11.8 Å². The van der Waals surface area contributed by atoms with E-state index in [1.807, 2.05) is 4.90 Å². The first kappa shape index (κ1) is 11.7. The summed E-state index contributed by atoms with van der Waals surface area (Å²) in [5.74, 6) is 6.38. The maximum absolute atomic E-state index is 8.93. The summed E-state index contributed by atoms with van der Waals surface area (Å²) in [5.41, 5.74) is 2.40. The molecule has 1 aromatic heterocycles. The Hall–Kier alpha value is -1.40. The van der Waals surface area contributed by atoms with Gasteiger partial charge >= 0.3 is 0 Å². The second kappa shape index (κ2) is 6.15. The predicted molar refractivity (Wildman–Crippen MR) is 59.4 cm³/mol. The summed E-state index contributed by atoms with van der Waals surface area (Å²) in [6, 6.07) is 1.80. The van der Waals surface area contributed by atoms with Gasteiger partial charge in [-0.25, -0.2) is 10.8 Å². The molecule has 0 amide bonds. The first-order chi connectivity index (χ1) is 7.31. The van der Waals surface area contributed by atoms with E-state index in [4.69, 9.17) is 10.9 Å². The van der Waals surface area contributed by atoms with Crippen molar-refractivity contribution in [1.29, 1.82) is 0 Å². The number of aromatic nitrogens is 2.